The van der Waals surface area contributed by atoms with Crippen LogP contribution in [-0.2, 0) is 6.42 Å². The largest absolute Gasteiger partial charge is 0.372 e. The quantitative estimate of drug-likeness (QED) is 0.633. The molecule has 1 fully saturated rings. The number of benzene rings is 1. The van der Waals surface area contributed by atoms with Crippen LogP contribution in [0.5, 0.6) is 0 Å². The molecule has 1 saturated heterocycles. The molecule has 27 heavy (non-hydrogen) atoms. The van der Waals surface area contributed by atoms with Gasteiger partial charge in [-0.3, -0.25) is 4.98 Å². The third kappa shape index (κ3) is 6.12. The van der Waals surface area contributed by atoms with Crippen LogP contribution in [0.2, 0.25) is 10.0 Å². The summed E-state index contributed by atoms with van der Waals surface area (Å²) in [7, 11) is 0. The minimum absolute atomic E-state index is 0.208. The topological polar surface area (TPSA) is 19.4 Å². The Morgan fingerprint density at radius 1 is 1.15 bits per heavy atom. The zero-order chi connectivity index (χ0) is 19.8. The van der Waals surface area contributed by atoms with Crippen LogP contribution in [-0.4, -0.2) is 36.1 Å². The van der Waals surface area contributed by atoms with Gasteiger partial charge in [0.05, 0.1) is 16.9 Å². The number of rotatable bonds is 4. The van der Waals surface area contributed by atoms with Crippen molar-refractivity contribution in [2.45, 2.75) is 26.7 Å². The van der Waals surface area contributed by atoms with E-state index in [1.54, 1.807) is 18.3 Å². The standard InChI is InChI=1S/C14H18Cl2N2.C7H8FN/c1-3-11(2)17-6-8-18(9-7-17)14-5-4-12(15)10-13(14)16;1-2-6-3-4-9-5-7(6)8/h4-5,10H,2-3,6-9H2,1H3;3-5H,2H2,1H3. The van der Waals surface area contributed by atoms with Gasteiger partial charge >= 0.3 is 0 Å². The van der Waals surface area contributed by atoms with E-state index >= 15 is 0 Å². The van der Waals surface area contributed by atoms with Gasteiger partial charge in [0.2, 0.25) is 0 Å². The highest BCUT2D eigenvalue weighted by molar-refractivity contribution is 6.36. The molecule has 146 valence electrons. The van der Waals surface area contributed by atoms with Gasteiger partial charge in [0.15, 0.2) is 0 Å². The minimum atomic E-state index is -0.208. The first-order chi connectivity index (χ1) is 13.0. The second-order valence-electron chi connectivity index (χ2n) is 6.31. The van der Waals surface area contributed by atoms with Crippen molar-refractivity contribution in [2.75, 3.05) is 31.1 Å². The van der Waals surface area contributed by atoms with Crippen molar-refractivity contribution in [1.29, 1.82) is 0 Å². The zero-order valence-electron chi connectivity index (χ0n) is 15.9. The average Bonchev–Trinajstić information content (AvgIpc) is 2.68. The van der Waals surface area contributed by atoms with E-state index in [1.807, 2.05) is 19.1 Å². The van der Waals surface area contributed by atoms with E-state index in [1.165, 1.54) is 11.9 Å². The molecule has 0 unspecified atom stereocenters. The van der Waals surface area contributed by atoms with E-state index in [0.717, 1.165) is 55.3 Å². The summed E-state index contributed by atoms with van der Waals surface area (Å²) in [4.78, 5) is 8.27. The van der Waals surface area contributed by atoms with Gasteiger partial charge in [-0.05, 0) is 42.7 Å². The molecule has 3 nitrogen and oxygen atoms in total. The highest BCUT2D eigenvalue weighted by Crippen LogP contribution is 2.29. The van der Waals surface area contributed by atoms with Crippen LogP contribution < -0.4 is 4.90 Å². The Bertz CT molecular complexity index is 759. The maximum Gasteiger partial charge on any atom is 0.144 e. The normalized spacial score (nSPS) is 13.8. The molecular weight excluding hydrogens is 384 g/mol. The Hall–Kier alpha value is -1.78. The molecule has 1 aliphatic heterocycles. The summed E-state index contributed by atoms with van der Waals surface area (Å²) < 4.78 is 12.5. The zero-order valence-corrected chi connectivity index (χ0v) is 17.4. The molecule has 0 aliphatic carbocycles. The van der Waals surface area contributed by atoms with Crippen molar-refractivity contribution in [3.8, 4) is 0 Å². The van der Waals surface area contributed by atoms with Crippen LogP contribution >= 0.6 is 23.2 Å². The third-order valence-corrected chi connectivity index (χ3v) is 5.16. The van der Waals surface area contributed by atoms with Crippen LogP contribution in [0.4, 0.5) is 10.1 Å². The van der Waals surface area contributed by atoms with Gasteiger partial charge in [-0.2, -0.15) is 0 Å². The Balaban J connectivity index is 0.000000244. The summed E-state index contributed by atoms with van der Waals surface area (Å²) in [5, 5.41) is 1.41. The molecule has 0 radical (unpaired) electrons. The molecule has 0 atom stereocenters. The molecule has 1 aromatic carbocycles. The number of aromatic nitrogens is 1. The number of allylic oxidation sites excluding steroid dienone is 1. The number of anilines is 1. The van der Waals surface area contributed by atoms with E-state index in [-0.39, 0.29) is 5.82 Å². The van der Waals surface area contributed by atoms with Gasteiger partial charge < -0.3 is 9.80 Å². The highest BCUT2D eigenvalue weighted by Gasteiger charge is 2.19. The Labute approximate surface area is 171 Å². The Morgan fingerprint density at radius 3 is 2.37 bits per heavy atom. The second kappa shape index (κ2) is 10.5. The predicted octanol–water partition coefficient (Wildman–Crippen LogP) is 5.82. The second-order valence-corrected chi connectivity index (χ2v) is 7.15. The average molecular weight is 410 g/mol. The van der Waals surface area contributed by atoms with Crippen molar-refractivity contribution in [3.05, 3.63) is 70.4 Å². The SMILES string of the molecule is C=C(CC)N1CCN(c2ccc(Cl)cc2Cl)CC1.CCc1ccncc1F. The molecule has 0 N–H and O–H groups in total. The lowest BCUT2D eigenvalue weighted by molar-refractivity contribution is 0.315. The van der Waals surface area contributed by atoms with Crippen LogP contribution in [0.3, 0.4) is 0 Å². The number of hydrogen-bond acceptors (Lipinski definition) is 3. The predicted molar refractivity (Wildman–Crippen MR) is 113 cm³/mol. The summed E-state index contributed by atoms with van der Waals surface area (Å²) in [6, 6.07) is 7.38. The molecular formula is C21H26Cl2FN3. The molecule has 1 aromatic heterocycles. The van der Waals surface area contributed by atoms with E-state index < -0.39 is 0 Å². The molecule has 2 heterocycles. The third-order valence-electron chi connectivity index (χ3n) is 4.62. The first kappa shape index (κ1) is 21.5. The minimum Gasteiger partial charge on any atom is -0.372 e. The summed E-state index contributed by atoms with van der Waals surface area (Å²) in [5.74, 6) is -0.208. The molecule has 1 aliphatic rings. The Morgan fingerprint density at radius 2 is 1.85 bits per heavy atom. The van der Waals surface area contributed by atoms with Crippen molar-refractivity contribution in [2.24, 2.45) is 0 Å². The highest BCUT2D eigenvalue weighted by atomic mass is 35.5. The van der Waals surface area contributed by atoms with Crippen LogP contribution in [0, 0.1) is 5.82 Å². The van der Waals surface area contributed by atoms with Crippen LogP contribution in [0.15, 0.2) is 48.9 Å². The molecule has 2 aromatic rings. The van der Waals surface area contributed by atoms with Crippen molar-refractivity contribution in [1.82, 2.24) is 9.88 Å². The number of nitrogens with zero attached hydrogens (tertiary/aromatic N) is 3. The van der Waals surface area contributed by atoms with Crippen molar-refractivity contribution < 1.29 is 4.39 Å². The van der Waals surface area contributed by atoms with E-state index in [4.69, 9.17) is 23.2 Å². The maximum absolute atomic E-state index is 12.5. The lowest BCUT2D eigenvalue weighted by atomic mass is 10.2. The fourth-order valence-electron chi connectivity index (χ4n) is 2.92. The molecule has 0 amide bonds. The van der Waals surface area contributed by atoms with Gasteiger partial charge in [0.1, 0.15) is 5.82 Å². The smallest absolute Gasteiger partial charge is 0.144 e. The Kier molecular flexibility index (Phi) is 8.39. The monoisotopic (exact) mass is 409 g/mol. The van der Waals surface area contributed by atoms with Crippen molar-refractivity contribution >= 4 is 28.9 Å². The van der Waals surface area contributed by atoms with E-state index in [0.29, 0.717) is 5.02 Å². The van der Waals surface area contributed by atoms with Crippen LogP contribution in [0.25, 0.3) is 0 Å². The number of halogens is 3. The van der Waals surface area contributed by atoms with Crippen LogP contribution in [0.1, 0.15) is 25.8 Å². The number of aryl methyl sites for hydroxylation is 1. The fourth-order valence-corrected chi connectivity index (χ4v) is 3.44. The van der Waals surface area contributed by atoms with Gasteiger partial charge in [-0.1, -0.05) is 43.6 Å². The number of hydrogen-bond donors (Lipinski definition) is 0. The first-order valence-corrected chi connectivity index (χ1v) is 9.92. The summed E-state index contributed by atoms with van der Waals surface area (Å²) in [6.45, 7) is 12.1. The maximum atomic E-state index is 12.5. The molecule has 6 heteroatoms. The molecule has 0 saturated carbocycles. The summed E-state index contributed by atoms with van der Waals surface area (Å²) >= 11 is 12.1. The lowest BCUT2D eigenvalue weighted by Gasteiger charge is -2.38. The fraction of sp³-hybridized carbons (Fsp3) is 0.381. The lowest BCUT2D eigenvalue weighted by Crippen LogP contribution is -2.45. The molecule has 0 spiro atoms. The number of pyridine rings is 1. The van der Waals surface area contributed by atoms with E-state index in [2.05, 4.69) is 28.3 Å². The summed E-state index contributed by atoms with van der Waals surface area (Å²) in [5.41, 5.74) is 3.02. The van der Waals surface area contributed by atoms with Gasteiger partial charge in [-0.15, -0.1) is 0 Å². The van der Waals surface area contributed by atoms with Gasteiger partial charge in [0, 0.05) is 43.1 Å². The van der Waals surface area contributed by atoms with Gasteiger partial charge in [-0.25, -0.2) is 4.39 Å². The summed E-state index contributed by atoms with van der Waals surface area (Å²) in [6.07, 6.45) is 4.58. The first-order valence-electron chi connectivity index (χ1n) is 9.17. The van der Waals surface area contributed by atoms with Crippen molar-refractivity contribution in [3.63, 3.8) is 0 Å². The van der Waals surface area contributed by atoms with E-state index in [9.17, 15) is 4.39 Å². The molecule has 3 rings (SSSR count). The van der Waals surface area contributed by atoms with Gasteiger partial charge in [0.25, 0.3) is 0 Å². The molecule has 0 bridgehead atoms. The number of piperazine rings is 1.